The maximum Gasteiger partial charge on any atom is 0.265 e. The number of amidine groups is 1. The van der Waals surface area contributed by atoms with Gasteiger partial charge in [0.1, 0.15) is 5.84 Å². The van der Waals surface area contributed by atoms with Gasteiger partial charge in [-0.1, -0.05) is 44.8 Å². The van der Waals surface area contributed by atoms with E-state index in [4.69, 9.17) is 22.2 Å². The van der Waals surface area contributed by atoms with Gasteiger partial charge in [-0.3, -0.25) is 9.59 Å². The van der Waals surface area contributed by atoms with Crippen LogP contribution in [0.1, 0.15) is 6.42 Å². The lowest BCUT2D eigenvalue weighted by atomic mass is 10.3. The van der Waals surface area contributed by atoms with Gasteiger partial charge in [0, 0.05) is 10.2 Å². The van der Waals surface area contributed by atoms with Crippen LogP contribution in [0.4, 0.5) is 11.4 Å². The van der Waals surface area contributed by atoms with Crippen molar-refractivity contribution in [2.24, 2.45) is 10.9 Å². The quantitative estimate of drug-likeness (QED) is 0.349. The van der Waals surface area contributed by atoms with E-state index in [1.165, 1.54) is 0 Å². The van der Waals surface area contributed by atoms with E-state index in [0.29, 0.717) is 16.4 Å². The topological polar surface area (TPSA) is 106 Å². The Balaban J connectivity index is 1.75. The molecule has 7 nitrogen and oxygen atoms in total. The number of nitrogens with one attached hydrogen (secondary N) is 2. The van der Waals surface area contributed by atoms with E-state index in [1.54, 1.807) is 48.5 Å². The molecule has 0 atom stereocenters. The summed E-state index contributed by atoms with van der Waals surface area (Å²) in [5.74, 6) is -0.863. The van der Waals surface area contributed by atoms with Crippen molar-refractivity contribution in [2.75, 3.05) is 17.2 Å². The van der Waals surface area contributed by atoms with Gasteiger partial charge in [-0.05, 0) is 36.4 Å². The molecule has 2 amide bonds. The molecule has 0 aliphatic rings. The highest BCUT2D eigenvalue weighted by atomic mass is 79.9. The first-order chi connectivity index (χ1) is 12.4. The summed E-state index contributed by atoms with van der Waals surface area (Å²) in [5, 5.41) is 9.21. The van der Waals surface area contributed by atoms with Crippen molar-refractivity contribution in [1.29, 1.82) is 0 Å². The molecular weight excluding hydrogens is 424 g/mol. The van der Waals surface area contributed by atoms with E-state index in [2.05, 4.69) is 31.7 Å². The number of amides is 2. The van der Waals surface area contributed by atoms with Gasteiger partial charge in [0.15, 0.2) is 6.61 Å². The zero-order valence-corrected chi connectivity index (χ0v) is 15.9. The largest absolute Gasteiger partial charge is 0.384 e. The molecule has 2 aromatic rings. The number of nitrogens with two attached hydrogens (primary N) is 1. The van der Waals surface area contributed by atoms with Crippen LogP contribution in [0.3, 0.4) is 0 Å². The fourth-order valence-electron chi connectivity index (χ4n) is 1.86. The highest BCUT2D eigenvalue weighted by molar-refractivity contribution is 9.10. The third-order valence-electron chi connectivity index (χ3n) is 3.00. The molecule has 0 aliphatic heterocycles. The first kappa shape index (κ1) is 19.7. The first-order valence-electron chi connectivity index (χ1n) is 7.48. The highest BCUT2D eigenvalue weighted by Crippen LogP contribution is 2.20. The van der Waals surface area contributed by atoms with Crippen LogP contribution in [0, 0.1) is 0 Å². The molecule has 2 aromatic carbocycles. The SMILES string of the molecule is N/C(CC(=O)Nc1ccccc1Cl)=N/OCC(=O)Nc1ccc(Br)cc1. The van der Waals surface area contributed by atoms with Gasteiger partial charge in [-0.25, -0.2) is 0 Å². The molecule has 0 spiro atoms. The average Bonchev–Trinajstić information content (AvgIpc) is 2.59. The standard InChI is InChI=1S/C17H16BrClN4O3/c18-11-5-7-12(8-6-11)21-17(25)10-26-23-15(20)9-16(24)22-14-4-2-1-3-13(14)19/h1-8H,9-10H2,(H2,20,23)(H,21,25)(H,22,24). The van der Waals surface area contributed by atoms with Crippen molar-refractivity contribution in [1.82, 2.24) is 0 Å². The molecule has 0 unspecified atom stereocenters. The van der Waals surface area contributed by atoms with Crippen molar-refractivity contribution in [2.45, 2.75) is 6.42 Å². The Morgan fingerprint density at radius 2 is 1.77 bits per heavy atom. The number of anilines is 2. The molecule has 0 saturated heterocycles. The lowest BCUT2D eigenvalue weighted by Gasteiger charge is -2.07. The predicted molar refractivity (Wildman–Crippen MR) is 105 cm³/mol. The van der Waals surface area contributed by atoms with E-state index < -0.39 is 11.8 Å². The summed E-state index contributed by atoms with van der Waals surface area (Å²) in [4.78, 5) is 28.5. The summed E-state index contributed by atoms with van der Waals surface area (Å²) in [7, 11) is 0. The molecule has 9 heteroatoms. The van der Waals surface area contributed by atoms with Gasteiger partial charge in [0.05, 0.1) is 17.1 Å². The maximum absolute atomic E-state index is 11.9. The Morgan fingerprint density at radius 3 is 2.46 bits per heavy atom. The minimum Gasteiger partial charge on any atom is -0.384 e. The molecule has 0 bridgehead atoms. The Kier molecular flexibility index (Phi) is 7.43. The van der Waals surface area contributed by atoms with Crippen molar-refractivity contribution in [3.63, 3.8) is 0 Å². The van der Waals surface area contributed by atoms with E-state index in [-0.39, 0.29) is 18.9 Å². The lowest BCUT2D eigenvalue weighted by molar-refractivity contribution is -0.120. The summed E-state index contributed by atoms with van der Waals surface area (Å²) in [6, 6.07) is 13.9. The molecule has 0 heterocycles. The monoisotopic (exact) mass is 438 g/mol. The van der Waals surface area contributed by atoms with Crippen LogP contribution in [0.15, 0.2) is 58.2 Å². The molecular formula is C17H16BrClN4O3. The number of carbonyl (C=O) groups is 2. The van der Waals surface area contributed by atoms with E-state index in [0.717, 1.165) is 4.47 Å². The molecule has 4 N–H and O–H groups in total. The van der Waals surface area contributed by atoms with E-state index in [1.807, 2.05) is 0 Å². The van der Waals surface area contributed by atoms with E-state index in [9.17, 15) is 9.59 Å². The summed E-state index contributed by atoms with van der Waals surface area (Å²) in [6.45, 7) is -0.330. The van der Waals surface area contributed by atoms with Crippen molar-refractivity contribution >= 4 is 56.6 Å². The van der Waals surface area contributed by atoms with Crippen LogP contribution in [0.2, 0.25) is 5.02 Å². The number of carbonyl (C=O) groups excluding carboxylic acids is 2. The minimum absolute atomic E-state index is 0.0639. The lowest BCUT2D eigenvalue weighted by Crippen LogP contribution is -2.23. The fourth-order valence-corrected chi connectivity index (χ4v) is 2.31. The molecule has 0 aromatic heterocycles. The minimum atomic E-state index is -0.401. The number of hydrogen-bond acceptors (Lipinski definition) is 4. The van der Waals surface area contributed by atoms with Crippen molar-refractivity contribution in [3.05, 3.63) is 58.0 Å². The van der Waals surface area contributed by atoms with Gasteiger partial charge < -0.3 is 21.2 Å². The zero-order valence-electron chi connectivity index (χ0n) is 13.5. The number of hydrogen-bond donors (Lipinski definition) is 3. The number of para-hydroxylation sites is 1. The Morgan fingerprint density at radius 1 is 1.08 bits per heavy atom. The summed E-state index contributed by atoms with van der Waals surface area (Å²) < 4.78 is 0.902. The molecule has 0 fully saturated rings. The van der Waals surface area contributed by atoms with Crippen molar-refractivity contribution < 1.29 is 14.4 Å². The van der Waals surface area contributed by atoms with Gasteiger partial charge in [-0.15, -0.1) is 0 Å². The van der Waals surface area contributed by atoms with Crippen LogP contribution in [-0.4, -0.2) is 24.3 Å². The molecule has 0 aliphatic carbocycles. The van der Waals surface area contributed by atoms with Crippen LogP contribution in [0.25, 0.3) is 0 Å². The third kappa shape index (κ3) is 6.73. The Labute approximate surface area is 163 Å². The second kappa shape index (κ2) is 9.79. The molecule has 0 radical (unpaired) electrons. The summed E-state index contributed by atoms with van der Waals surface area (Å²) in [6.07, 6.45) is -0.195. The number of halogens is 2. The second-order valence-corrected chi connectivity index (χ2v) is 6.44. The van der Waals surface area contributed by atoms with Gasteiger partial charge in [0.25, 0.3) is 5.91 Å². The third-order valence-corrected chi connectivity index (χ3v) is 3.85. The van der Waals surface area contributed by atoms with Gasteiger partial charge >= 0.3 is 0 Å². The average molecular weight is 440 g/mol. The maximum atomic E-state index is 11.9. The van der Waals surface area contributed by atoms with Crippen LogP contribution in [0.5, 0.6) is 0 Å². The second-order valence-electron chi connectivity index (χ2n) is 5.12. The van der Waals surface area contributed by atoms with Crippen molar-refractivity contribution in [3.8, 4) is 0 Å². The van der Waals surface area contributed by atoms with Crippen LogP contribution in [-0.2, 0) is 14.4 Å². The summed E-state index contributed by atoms with van der Waals surface area (Å²) >= 11 is 9.26. The normalized spacial score (nSPS) is 10.9. The van der Waals surface area contributed by atoms with Crippen LogP contribution >= 0.6 is 27.5 Å². The zero-order chi connectivity index (χ0) is 18.9. The molecule has 2 rings (SSSR count). The fraction of sp³-hybridized carbons (Fsp3) is 0.118. The van der Waals surface area contributed by atoms with Gasteiger partial charge in [-0.2, -0.15) is 0 Å². The Bertz CT molecular complexity index is 812. The molecule has 136 valence electrons. The van der Waals surface area contributed by atoms with E-state index >= 15 is 0 Å². The molecule has 26 heavy (non-hydrogen) atoms. The predicted octanol–water partition coefficient (Wildman–Crippen LogP) is 3.36. The van der Waals surface area contributed by atoms with Gasteiger partial charge in [0.2, 0.25) is 5.91 Å². The number of nitrogens with zero attached hydrogens (tertiary/aromatic N) is 1. The summed E-state index contributed by atoms with van der Waals surface area (Å²) in [5.41, 5.74) is 6.71. The highest BCUT2D eigenvalue weighted by Gasteiger charge is 2.08. The number of rotatable bonds is 7. The smallest absolute Gasteiger partial charge is 0.265 e. The Hall–Kier alpha value is -2.58. The first-order valence-corrected chi connectivity index (χ1v) is 8.65. The number of benzene rings is 2. The molecule has 0 saturated carbocycles. The number of oxime groups is 1. The van der Waals surface area contributed by atoms with Crippen LogP contribution < -0.4 is 16.4 Å².